The molecule has 1 aliphatic carbocycles. The molecule has 0 aromatic heterocycles. The van der Waals surface area contributed by atoms with Gasteiger partial charge in [0.25, 0.3) is 0 Å². The summed E-state index contributed by atoms with van der Waals surface area (Å²) in [5.41, 5.74) is -0.100. The zero-order chi connectivity index (χ0) is 11.3. The monoisotopic (exact) mass is 212 g/mol. The maximum absolute atomic E-state index is 11.3. The van der Waals surface area contributed by atoms with Crippen molar-refractivity contribution in [3.63, 3.8) is 0 Å². The van der Waals surface area contributed by atoms with E-state index >= 15 is 0 Å². The first kappa shape index (κ1) is 12.2. The summed E-state index contributed by atoms with van der Waals surface area (Å²) in [6.07, 6.45) is 6.39. The van der Waals surface area contributed by atoms with Crippen molar-refractivity contribution >= 4 is 11.8 Å². The molecular formula is C12H20O3. The quantitative estimate of drug-likeness (QED) is 0.672. The van der Waals surface area contributed by atoms with Crippen molar-refractivity contribution in [2.45, 2.75) is 51.9 Å². The van der Waals surface area contributed by atoms with E-state index in [4.69, 9.17) is 4.74 Å². The minimum absolute atomic E-state index is 0.100. The number of carbonyl (C=O) groups is 2. The van der Waals surface area contributed by atoms with Gasteiger partial charge in [-0.15, -0.1) is 0 Å². The van der Waals surface area contributed by atoms with Crippen LogP contribution in [0.2, 0.25) is 0 Å². The number of hydrogen-bond acceptors (Lipinski definition) is 3. The topological polar surface area (TPSA) is 43.4 Å². The van der Waals surface area contributed by atoms with Crippen molar-refractivity contribution in [3.8, 4) is 0 Å². The zero-order valence-electron chi connectivity index (χ0n) is 9.67. The zero-order valence-corrected chi connectivity index (χ0v) is 9.67. The Bertz CT molecular complexity index is 239. The first-order chi connectivity index (χ1) is 7.08. The molecule has 0 saturated heterocycles. The second-order valence-electron chi connectivity index (χ2n) is 4.69. The highest BCUT2D eigenvalue weighted by molar-refractivity contribution is 5.78. The highest BCUT2D eigenvalue weighted by atomic mass is 16.5. The Morgan fingerprint density at radius 2 is 1.73 bits per heavy atom. The molecule has 0 amide bonds. The van der Waals surface area contributed by atoms with Crippen LogP contribution in [-0.2, 0) is 14.3 Å². The Kier molecular flexibility index (Phi) is 4.30. The summed E-state index contributed by atoms with van der Waals surface area (Å²) in [5, 5.41) is 0. The van der Waals surface area contributed by atoms with Crippen molar-refractivity contribution in [2.24, 2.45) is 5.41 Å². The van der Waals surface area contributed by atoms with Crippen LogP contribution in [0.5, 0.6) is 0 Å². The van der Waals surface area contributed by atoms with Gasteiger partial charge in [-0.2, -0.15) is 0 Å². The molecule has 0 bridgehead atoms. The van der Waals surface area contributed by atoms with Crippen molar-refractivity contribution in [1.29, 1.82) is 0 Å². The Morgan fingerprint density at radius 1 is 1.13 bits per heavy atom. The minimum Gasteiger partial charge on any atom is -0.469 e. The summed E-state index contributed by atoms with van der Waals surface area (Å²) in [5.74, 6) is -0.000969. The van der Waals surface area contributed by atoms with Crippen LogP contribution in [0.15, 0.2) is 0 Å². The van der Waals surface area contributed by atoms with Crippen molar-refractivity contribution in [2.75, 3.05) is 7.11 Å². The summed E-state index contributed by atoms with van der Waals surface area (Å²) in [7, 11) is 1.41. The Hall–Kier alpha value is -0.860. The molecule has 15 heavy (non-hydrogen) atoms. The van der Waals surface area contributed by atoms with Gasteiger partial charge in [-0.05, 0) is 25.2 Å². The molecule has 0 aromatic rings. The molecule has 1 saturated carbocycles. The lowest BCUT2D eigenvalue weighted by Crippen LogP contribution is -2.30. The van der Waals surface area contributed by atoms with Gasteiger partial charge in [-0.25, -0.2) is 0 Å². The van der Waals surface area contributed by atoms with Gasteiger partial charge in [-0.1, -0.05) is 19.3 Å². The van der Waals surface area contributed by atoms with E-state index in [1.54, 1.807) is 6.92 Å². The number of ketones is 1. The van der Waals surface area contributed by atoms with E-state index in [9.17, 15) is 9.59 Å². The van der Waals surface area contributed by atoms with Gasteiger partial charge in [0.15, 0.2) is 0 Å². The van der Waals surface area contributed by atoms with Crippen LogP contribution in [0, 0.1) is 5.41 Å². The molecule has 0 unspecified atom stereocenters. The number of hydrogen-bond donors (Lipinski definition) is 0. The predicted molar refractivity (Wildman–Crippen MR) is 57.4 cm³/mol. The minimum atomic E-state index is -0.182. The summed E-state index contributed by atoms with van der Waals surface area (Å²) < 4.78 is 4.71. The molecule has 1 aliphatic rings. The van der Waals surface area contributed by atoms with E-state index < -0.39 is 0 Å². The third-order valence-corrected chi connectivity index (χ3v) is 3.29. The van der Waals surface area contributed by atoms with Gasteiger partial charge in [0.05, 0.1) is 13.5 Å². The number of esters is 1. The Morgan fingerprint density at radius 3 is 2.20 bits per heavy atom. The van der Waals surface area contributed by atoms with Crippen molar-refractivity contribution < 1.29 is 14.3 Å². The average Bonchev–Trinajstić information content (AvgIpc) is 2.17. The lowest BCUT2D eigenvalue weighted by atomic mass is 9.69. The van der Waals surface area contributed by atoms with Crippen LogP contribution in [0.25, 0.3) is 0 Å². The van der Waals surface area contributed by atoms with E-state index in [2.05, 4.69) is 0 Å². The second-order valence-corrected chi connectivity index (χ2v) is 4.69. The van der Waals surface area contributed by atoms with Crippen LogP contribution >= 0.6 is 0 Å². The number of carbonyl (C=O) groups excluding carboxylic acids is 2. The van der Waals surface area contributed by atoms with Gasteiger partial charge in [-0.3, -0.25) is 4.79 Å². The van der Waals surface area contributed by atoms with Gasteiger partial charge >= 0.3 is 5.97 Å². The standard InChI is InChI=1S/C12H20O3/c1-10(13)8-12(9-11(14)15-2)6-4-3-5-7-12/h3-9H2,1-2H3. The van der Waals surface area contributed by atoms with E-state index in [1.807, 2.05) is 0 Å². The maximum atomic E-state index is 11.3. The van der Waals surface area contributed by atoms with E-state index in [0.29, 0.717) is 12.8 Å². The molecule has 0 N–H and O–H groups in total. The second kappa shape index (κ2) is 5.29. The summed E-state index contributed by atoms with van der Waals surface area (Å²) >= 11 is 0. The van der Waals surface area contributed by atoms with Crippen molar-refractivity contribution in [1.82, 2.24) is 0 Å². The first-order valence-corrected chi connectivity index (χ1v) is 5.64. The van der Waals surface area contributed by atoms with E-state index in [-0.39, 0.29) is 17.2 Å². The number of methoxy groups -OCH3 is 1. The lowest BCUT2D eigenvalue weighted by molar-refractivity contribution is -0.144. The predicted octanol–water partition coefficient (Wildman–Crippen LogP) is 2.48. The largest absolute Gasteiger partial charge is 0.469 e. The number of Topliss-reactive ketones (excluding diaryl/α,β-unsaturated/α-hetero) is 1. The molecule has 1 fully saturated rings. The van der Waals surface area contributed by atoms with Gasteiger partial charge < -0.3 is 9.53 Å². The number of ether oxygens (including phenoxy) is 1. The third kappa shape index (κ3) is 3.65. The average molecular weight is 212 g/mol. The van der Waals surface area contributed by atoms with Crippen LogP contribution in [0.3, 0.4) is 0 Å². The van der Waals surface area contributed by atoms with Gasteiger partial charge in [0.1, 0.15) is 5.78 Å². The highest BCUT2D eigenvalue weighted by Crippen LogP contribution is 2.42. The molecule has 0 heterocycles. The summed E-state index contributed by atoms with van der Waals surface area (Å²) in [6.45, 7) is 1.60. The Labute approximate surface area is 91.2 Å². The maximum Gasteiger partial charge on any atom is 0.306 e. The molecule has 0 atom stereocenters. The van der Waals surface area contributed by atoms with Crippen molar-refractivity contribution in [3.05, 3.63) is 0 Å². The highest BCUT2D eigenvalue weighted by Gasteiger charge is 2.35. The fourth-order valence-corrected chi connectivity index (χ4v) is 2.62. The summed E-state index contributed by atoms with van der Waals surface area (Å²) in [4.78, 5) is 22.6. The number of rotatable bonds is 4. The third-order valence-electron chi connectivity index (χ3n) is 3.29. The van der Waals surface area contributed by atoms with Gasteiger partial charge in [0.2, 0.25) is 0 Å². The molecule has 0 radical (unpaired) electrons. The molecule has 86 valence electrons. The molecular weight excluding hydrogens is 192 g/mol. The van der Waals surface area contributed by atoms with E-state index in [1.165, 1.54) is 13.5 Å². The molecule has 0 aliphatic heterocycles. The molecule has 3 heteroatoms. The molecule has 3 nitrogen and oxygen atoms in total. The molecule has 0 aromatic carbocycles. The Balaban J connectivity index is 2.65. The lowest BCUT2D eigenvalue weighted by Gasteiger charge is -2.35. The SMILES string of the molecule is COC(=O)CC1(CC(C)=O)CCCCC1. The molecule has 1 rings (SSSR count). The fourth-order valence-electron chi connectivity index (χ4n) is 2.62. The van der Waals surface area contributed by atoms with E-state index in [0.717, 1.165) is 25.7 Å². The van der Waals surface area contributed by atoms with Crippen LogP contribution in [0.1, 0.15) is 51.9 Å². The first-order valence-electron chi connectivity index (χ1n) is 5.64. The summed E-state index contributed by atoms with van der Waals surface area (Å²) in [6, 6.07) is 0. The van der Waals surface area contributed by atoms with Crippen LogP contribution in [-0.4, -0.2) is 18.9 Å². The fraction of sp³-hybridized carbons (Fsp3) is 0.833. The van der Waals surface area contributed by atoms with Crippen LogP contribution in [0.4, 0.5) is 0 Å². The van der Waals surface area contributed by atoms with Crippen LogP contribution < -0.4 is 0 Å². The van der Waals surface area contributed by atoms with Gasteiger partial charge in [0, 0.05) is 6.42 Å². The molecule has 0 spiro atoms. The normalized spacial score (nSPS) is 19.6. The smallest absolute Gasteiger partial charge is 0.306 e.